The number of anilines is 1. The second-order valence-electron chi connectivity index (χ2n) is 6.37. The summed E-state index contributed by atoms with van der Waals surface area (Å²) in [5.74, 6) is -0.162. The van der Waals surface area contributed by atoms with Gasteiger partial charge in [-0.1, -0.05) is 13.8 Å². The molecule has 24 heavy (non-hydrogen) atoms. The first kappa shape index (κ1) is 17.0. The van der Waals surface area contributed by atoms with E-state index in [9.17, 15) is 9.59 Å². The van der Waals surface area contributed by atoms with Crippen LogP contribution in [0.5, 0.6) is 0 Å². The highest BCUT2D eigenvalue weighted by atomic mass is 32.2. The Hall–Kier alpha value is -1.80. The molecule has 3 heterocycles. The summed E-state index contributed by atoms with van der Waals surface area (Å²) in [5.41, 5.74) is 13.8. The van der Waals surface area contributed by atoms with E-state index < -0.39 is 11.9 Å². The van der Waals surface area contributed by atoms with Crippen molar-refractivity contribution >= 4 is 50.9 Å². The SMILES string of the molecule is CC1(C)Cc2nc3sc(C(=O)OCCC(N)=O)c(N)c3cc2CS1. The molecule has 6 nitrogen and oxygen atoms in total. The summed E-state index contributed by atoms with van der Waals surface area (Å²) in [6, 6.07) is 2.03. The van der Waals surface area contributed by atoms with Crippen LogP contribution in [0.1, 0.15) is 41.2 Å². The number of esters is 1. The zero-order valence-electron chi connectivity index (χ0n) is 13.5. The van der Waals surface area contributed by atoms with E-state index >= 15 is 0 Å². The molecular formula is C16H19N3O3S2. The van der Waals surface area contributed by atoms with Crippen LogP contribution >= 0.6 is 23.1 Å². The van der Waals surface area contributed by atoms with Crippen LogP contribution in [-0.4, -0.2) is 28.2 Å². The van der Waals surface area contributed by atoms with Crippen LogP contribution in [0, 0.1) is 0 Å². The van der Waals surface area contributed by atoms with Crippen LogP contribution in [0.25, 0.3) is 10.2 Å². The van der Waals surface area contributed by atoms with Crippen molar-refractivity contribution in [3.05, 3.63) is 22.2 Å². The van der Waals surface area contributed by atoms with Crippen molar-refractivity contribution in [3.63, 3.8) is 0 Å². The van der Waals surface area contributed by atoms with Crippen molar-refractivity contribution in [1.29, 1.82) is 0 Å². The van der Waals surface area contributed by atoms with Gasteiger partial charge in [-0.05, 0) is 11.6 Å². The Labute approximate surface area is 147 Å². The molecule has 4 N–H and O–H groups in total. The second-order valence-corrected chi connectivity index (χ2v) is 9.05. The minimum atomic E-state index is -0.538. The molecule has 0 spiro atoms. The monoisotopic (exact) mass is 365 g/mol. The molecule has 2 aromatic heterocycles. The number of ether oxygens (including phenoxy) is 1. The quantitative estimate of drug-likeness (QED) is 0.806. The number of nitrogens with two attached hydrogens (primary N) is 2. The van der Waals surface area contributed by atoms with Gasteiger partial charge >= 0.3 is 5.97 Å². The van der Waals surface area contributed by atoms with E-state index in [1.165, 1.54) is 16.9 Å². The lowest BCUT2D eigenvalue weighted by molar-refractivity contribution is -0.118. The third kappa shape index (κ3) is 3.34. The van der Waals surface area contributed by atoms with Gasteiger partial charge in [-0.25, -0.2) is 9.78 Å². The zero-order valence-corrected chi connectivity index (χ0v) is 15.2. The Bertz CT molecular complexity index is 830. The molecule has 0 saturated carbocycles. The molecule has 0 aliphatic carbocycles. The first-order valence-electron chi connectivity index (χ1n) is 7.57. The van der Waals surface area contributed by atoms with Gasteiger partial charge in [0.2, 0.25) is 5.91 Å². The van der Waals surface area contributed by atoms with E-state index in [1.54, 1.807) is 0 Å². The van der Waals surface area contributed by atoms with Crippen molar-refractivity contribution in [1.82, 2.24) is 4.98 Å². The van der Waals surface area contributed by atoms with Gasteiger partial charge in [0.1, 0.15) is 16.3 Å². The van der Waals surface area contributed by atoms with Gasteiger partial charge in [-0.15, -0.1) is 11.3 Å². The van der Waals surface area contributed by atoms with Crippen molar-refractivity contribution in [2.75, 3.05) is 12.3 Å². The Morgan fingerprint density at radius 1 is 1.42 bits per heavy atom. The molecule has 8 heteroatoms. The maximum Gasteiger partial charge on any atom is 0.350 e. The van der Waals surface area contributed by atoms with Gasteiger partial charge in [-0.2, -0.15) is 11.8 Å². The summed E-state index contributed by atoms with van der Waals surface area (Å²) >= 11 is 3.12. The minimum absolute atomic E-state index is 0.00457. The molecule has 0 aromatic carbocycles. The number of amides is 1. The van der Waals surface area contributed by atoms with Gasteiger partial charge in [0.25, 0.3) is 0 Å². The van der Waals surface area contributed by atoms with E-state index in [4.69, 9.17) is 21.2 Å². The van der Waals surface area contributed by atoms with E-state index in [-0.39, 0.29) is 17.8 Å². The summed E-state index contributed by atoms with van der Waals surface area (Å²) < 4.78 is 5.23. The largest absolute Gasteiger partial charge is 0.461 e. The van der Waals surface area contributed by atoms with Crippen molar-refractivity contribution in [3.8, 4) is 0 Å². The Kier molecular flexibility index (Phi) is 4.44. The Morgan fingerprint density at radius 3 is 2.88 bits per heavy atom. The average molecular weight is 365 g/mol. The summed E-state index contributed by atoms with van der Waals surface area (Å²) in [6.07, 6.45) is 0.883. The third-order valence-corrected chi connectivity index (χ3v) is 6.34. The third-order valence-electron chi connectivity index (χ3n) is 3.87. The highest BCUT2D eigenvalue weighted by Crippen LogP contribution is 2.41. The molecule has 0 atom stereocenters. The molecule has 128 valence electrons. The lowest BCUT2D eigenvalue weighted by Crippen LogP contribution is -2.24. The van der Waals surface area contributed by atoms with Crippen LogP contribution < -0.4 is 11.5 Å². The normalized spacial score (nSPS) is 15.9. The highest BCUT2D eigenvalue weighted by Gasteiger charge is 2.28. The fraction of sp³-hybridized carbons (Fsp3) is 0.438. The summed E-state index contributed by atoms with van der Waals surface area (Å²) in [5, 5.41) is 0.793. The summed E-state index contributed by atoms with van der Waals surface area (Å²) in [7, 11) is 0. The number of hydrogen-bond acceptors (Lipinski definition) is 7. The number of nitrogen functional groups attached to an aromatic ring is 1. The molecule has 3 rings (SSSR count). The van der Waals surface area contributed by atoms with Crippen molar-refractivity contribution < 1.29 is 14.3 Å². The van der Waals surface area contributed by atoms with Gasteiger partial charge in [-0.3, -0.25) is 4.79 Å². The first-order valence-corrected chi connectivity index (χ1v) is 9.37. The van der Waals surface area contributed by atoms with Gasteiger partial charge in [0, 0.05) is 28.0 Å². The maximum absolute atomic E-state index is 12.2. The first-order chi connectivity index (χ1) is 11.3. The molecule has 1 amide bonds. The van der Waals surface area contributed by atoms with Gasteiger partial charge in [0.05, 0.1) is 12.1 Å². The smallest absolute Gasteiger partial charge is 0.350 e. The predicted molar refractivity (Wildman–Crippen MR) is 97.2 cm³/mol. The fourth-order valence-corrected chi connectivity index (χ4v) is 4.61. The number of aromatic nitrogens is 1. The standard InChI is InChI=1S/C16H19N3O3S2/c1-16(2)6-10-8(7-23-16)5-9-12(18)13(24-14(9)19-10)15(21)22-4-3-11(17)20/h5H,3-4,6-7,18H2,1-2H3,(H2,17,20). The molecule has 1 aliphatic rings. The number of rotatable bonds is 4. The van der Waals surface area contributed by atoms with Crippen LogP contribution in [-0.2, 0) is 21.7 Å². The van der Waals surface area contributed by atoms with E-state index in [0.29, 0.717) is 10.6 Å². The average Bonchev–Trinajstić information content (AvgIpc) is 2.80. The maximum atomic E-state index is 12.2. The number of fused-ring (bicyclic) bond motifs is 2. The van der Waals surface area contributed by atoms with Crippen LogP contribution in [0.2, 0.25) is 0 Å². The Morgan fingerprint density at radius 2 is 2.17 bits per heavy atom. The Balaban J connectivity index is 1.90. The number of primary amides is 1. The van der Waals surface area contributed by atoms with Crippen molar-refractivity contribution in [2.45, 2.75) is 37.2 Å². The van der Waals surface area contributed by atoms with Crippen molar-refractivity contribution in [2.24, 2.45) is 5.73 Å². The number of thiophene rings is 1. The van der Waals surface area contributed by atoms with Gasteiger partial charge in [0.15, 0.2) is 0 Å². The van der Waals surface area contributed by atoms with E-state index in [1.807, 2.05) is 17.8 Å². The van der Waals surface area contributed by atoms with Crippen LogP contribution in [0.15, 0.2) is 6.07 Å². The number of nitrogens with zero attached hydrogens (tertiary/aromatic N) is 1. The van der Waals surface area contributed by atoms with Crippen LogP contribution in [0.3, 0.4) is 0 Å². The molecule has 0 fully saturated rings. The lowest BCUT2D eigenvalue weighted by Gasteiger charge is -2.29. The molecular weight excluding hydrogens is 346 g/mol. The number of carbonyl (C=O) groups is 2. The molecule has 2 aromatic rings. The van der Waals surface area contributed by atoms with Gasteiger partial charge < -0.3 is 16.2 Å². The minimum Gasteiger partial charge on any atom is -0.461 e. The van der Waals surface area contributed by atoms with Crippen LogP contribution in [0.4, 0.5) is 5.69 Å². The summed E-state index contributed by atoms with van der Waals surface area (Å²) in [4.78, 5) is 28.7. The molecule has 0 radical (unpaired) electrons. The molecule has 1 aliphatic heterocycles. The lowest BCUT2D eigenvalue weighted by atomic mass is 10.0. The highest BCUT2D eigenvalue weighted by molar-refractivity contribution is 7.99. The zero-order chi connectivity index (χ0) is 17.5. The predicted octanol–water partition coefficient (Wildman–Crippen LogP) is 2.48. The number of thioether (sulfide) groups is 1. The molecule has 0 saturated heterocycles. The second kappa shape index (κ2) is 6.25. The number of pyridine rings is 1. The van der Waals surface area contributed by atoms with E-state index in [2.05, 4.69) is 13.8 Å². The molecule has 0 bridgehead atoms. The number of hydrogen-bond donors (Lipinski definition) is 2. The molecule has 0 unspecified atom stereocenters. The fourth-order valence-electron chi connectivity index (χ4n) is 2.59. The summed E-state index contributed by atoms with van der Waals surface area (Å²) in [6.45, 7) is 4.37. The van der Waals surface area contributed by atoms with E-state index in [0.717, 1.165) is 28.1 Å². The number of carbonyl (C=O) groups excluding carboxylic acids is 2. The topological polar surface area (TPSA) is 108 Å².